The third kappa shape index (κ3) is 4.40. The van der Waals surface area contributed by atoms with Gasteiger partial charge < -0.3 is 15.0 Å². The van der Waals surface area contributed by atoms with Crippen molar-refractivity contribution in [2.75, 3.05) is 19.6 Å². The number of benzene rings is 1. The minimum absolute atomic E-state index is 0.110. The third-order valence-electron chi connectivity index (χ3n) is 5.68. The number of aromatic nitrogens is 2. The number of fused-ring (bicyclic) bond motifs is 1. The molecule has 0 bridgehead atoms. The fourth-order valence-electron chi connectivity index (χ4n) is 3.99. The molecule has 6 nitrogen and oxygen atoms in total. The predicted octanol–water partition coefficient (Wildman–Crippen LogP) is 2.83. The van der Waals surface area contributed by atoms with E-state index in [1.165, 1.54) is 6.07 Å². The van der Waals surface area contributed by atoms with Crippen LogP contribution in [0.4, 0.5) is 4.39 Å². The first-order valence-electron chi connectivity index (χ1n) is 10.4. The van der Waals surface area contributed by atoms with Crippen molar-refractivity contribution in [1.82, 2.24) is 20.2 Å². The van der Waals surface area contributed by atoms with Gasteiger partial charge in [0, 0.05) is 43.7 Å². The van der Waals surface area contributed by atoms with Crippen LogP contribution in [0.3, 0.4) is 0 Å². The lowest BCUT2D eigenvalue weighted by Crippen LogP contribution is -2.44. The zero-order chi connectivity index (χ0) is 20.2. The molecule has 1 aromatic carbocycles. The maximum Gasteiger partial charge on any atom is 0.263 e. The van der Waals surface area contributed by atoms with Crippen LogP contribution < -0.4 is 10.1 Å². The Morgan fingerprint density at radius 3 is 3.03 bits per heavy atom. The van der Waals surface area contributed by atoms with Crippen molar-refractivity contribution in [2.45, 2.75) is 51.2 Å². The van der Waals surface area contributed by atoms with Gasteiger partial charge in [0.1, 0.15) is 5.82 Å². The van der Waals surface area contributed by atoms with E-state index in [2.05, 4.69) is 10.3 Å². The van der Waals surface area contributed by atoms with E-state index in [1.54, 1.807) is 23.1 Å². The number of piperidine rings is 1. The highest BCUT2D eigenvalue weighted by Crippen LogP contribution is 2.25. The minimum Gasteiger partial charge on any atom is -0.478 e. The molecule has 1 fully saturated rings. The van der Waals surface area contributed by atoms with Crippen molar-refractivity contribution >= 4 is 5.91 Å². The van der Waals surface area contributed by atoms with Gasteiger partial charge >= 0.3 is 0 Å². The number of para-hydroxylation sites is 1. The molecule has 1 saturated heterocycles. The number of nitrogens with one attached hydrogen (secondary N) is 1. The second kappa shape index (κ2) is 8.86. The molecule has 4 rings (SSSR count). The molecular formula is C22H27FN4O2. The monoisotopic (exact) mass is 398 g/mol. The first kappa shape index (κ1) is 19.8. The van der Waals surface area contributed by atoms with Gasteiger partial charge in [-0.05, 0) is 37.9 Å². The largest absolute Gasteiger partial charge is 0.478 e. The number of ether oxygens (including phenoxy) is 1. The Labute approximate surface area is 170 Å². The lowest BCUT2D eigenvalue weighted by atomic mass is 9.98. The van der Waals surface area contributed by atoms with Gasteiger partial charge in [-0.25, -0.2) is 14.4 Å². The molecular weight excluding hydrogens is 371 g/mol. The number of amides is 1. The molecule has 0 spiro atoms. The van der Waals surface area contributed by atoms with E-state index in [1.807, 2.05) is 13.1 Å². The van der Waals surface area contributed by atoms with E-state index >= 15 is 0 Å². The molecule has 0 unspecified atom stereocenters. The Morgan fingerprint density at radius 1 is 1.41 bits per heavy atom. The van der Waals surface area contributed by atoms with E-state index < -0.39 is 11.9 Å². The Balaban J connectivity index is 1.44. The van der Waals surface area contributed by atoms with Gasteiger partial charge in [0.25, 0.3) is 5.91 Å². The van der Waals surface area contributed by atoms with Crippen LogP contribution in [-0.2, 0) is 17.8 Å². The summed E-state index contributed by atoms with van der Waals surface area (Å²) in [6, 6.07) is 6.18. The topological polar surface area (TPSA) is 67.3 Å². The summed E-state index contributed by atoms with van der Waals surface area (Å²) in [4.78, 5) is 24.2. The van der Waals surface area contributed by atoms with Crippen LogP contribution in [0, 0.1) is 5.82 Å². The summed E-state index contributed by atoms with van der Waals surface area (Å²) < 4.78 is 19.6. The standard InChI is InChI=1S/C22H27FN4O2/c1-2-19(29-20-8-4-3-7-17(20)23)22(28)27-11-9-18-16(14-27)13-25-21(26-18)15-6-5-10-24-12-15/h3-4,7-8,13,15,19,24H,2,5-6,9-12,14H2,1H3/t15-,19+/m1/s1. The first-order chi connectivity index (χ1) is 14.2. The normalized spacial score (nSPS) is 20.1. The second-order valence-electron chi connectivity index (χ2n) is 7.70. The molecule has 7 heteroatoms. The van der Waals surface area contributed by atoms with Crippen molar-refractivity contribution in [3.63, 3.8) is 0 Å². The highest BCUT2D eigenvalue weighted by Gasteiger charge is 2.29. The van der Waals surface area contributed by atoms with E-state index in [0.29, 0.717) is 31.8 Å². The summed E-state index contributed by atoms with van der Waals surface area (Å²) in [5.74, 6) is 0.805. The fourth-order valence-corrected chi connectivity index (χ4v) is 3.99. The van der Waals surface area contributed by atoms with Crippen molar-refractivity contribution in [3.8, 4) is 5.75 Å². The molecule has 0 aliphatic carbocycles. The lowest BCUT2D eigenvalue weighted by Gasteiger charge is -2.31. The number of nitrogens with zero attached hydrogens (tertiary/aromatic N) is 3. The maximum absolute atomic E-state index is 13.9. The number of carbonyl (C=O) groups excluding carboxylic acids is 1. The van der Waals surface area contributed by atoms with Crippen LogP contribution in [-0.4, -0.2) is 46.5 Å². The zero-order valence-electron chi connectivity index (χ0n) is 16.7. The number of rotatable bonds is 5. The van der Waals surface area contributed by atoms with Crippen molar-refractivity contribution in [2.24, 2.45) is 0 Å². The second-order valence-corrected chi connectivity index (χ2v) is 7.70. The number of halogens is 1. The molecule has 0 saturated carbocycles. The van der Waals surface area contributed by atoms with Crippen molar-refractivity contribution in [3.05, 3.63) is 53.4 Å². The van der Waals surface area contributed by atoms with Crippen molar-refractivity contribution in [1.29, 1.82) is 0 Å². The van der Waals surface area contributed by atoms with Crippen LogP contribution in [0.5, 0.6) is 5.75 Å². The Morgan fingerprint density at radius 2 is 2.28 bits per heavy atom. The van der Waals surface area contributed by atoms with Crippen molar-refractivity contribution < 1.29 is 13.9 Å². The SMILES string of the molecule is CC[C@H](Oc1ccccc1F)C(=O)N1CCc2nc([C@@H]3CCCNC3)ncc2C1. The molecule has 154 valence electrons. The Bertz CT molecular complexity index is 870. The zero-order valence-corrected chi connectivity index (χ0v) is 16.7. The Hall–Kier alpha value is -2.54. The minimum atomic E-state index is -0.707. The summed E-state index contributed by atoms with van der Waals surface area (Å²) in [5.41, 5.74) is 2.02. The molecule has 2 aromatic rings. The third-order valence-corrected chi connectivity index (χ3v) is 5.68. The average molecular weight is 398 g/mol. The summed E-state index contributed by atoms with van der Waals surface area (Å²) in [6.07, 6.45) is 4.59. The molecule has 2 aliphatic rings. The van der Waals surface area contributed by atoms with Gasteiger partial charge in [-0.3, -0.25) is 4.79 Å². The van der Waals surface area contributed by atoms with E-state index in [0.717, 1.165) is 43.0 Å². The lowest BCUT2D eigenvalue weighted by molar-refractivity contribution is -0.140. The maximum atomic E-state index is 13.9. The smallest absolute Gasteiger partial charge is 0.263 e. The van der Waals surface area contributed by atoms with Gasteiger partial charge in [0.15, 0.2) is 17.7 Å². The van der Waals surface area contributed by atoms with Gasteiger partial charge in [0.2, 0.25) is 0 Å². The van der Waals surface area contributed by atoms with Gasteiger partial charge in [-0.15, -0.1) is 0 Å². The highest BCUT2D eigenvalue weighted by molar-refractivity contribution is 5.81. The number of hydrogen-bond donors (Lipinski definition) is 1. The first-order valence-corrected chi connectivity index (χ1v) is 10.4. The van der Waals surface area contributed by atoms with E-state index in [-0.39, 0.29) is 11.7 Å². The summed E-state index contributed by atoms with van der Waals surface area (Å²) >= 11 is 0. The highest BCUT2D eigenvalue weighted by atomic mass is 19.1. The fraction of sp³-hybridized carbons (Fsp3) is 0.500. The molecule has 3 heterocycles. The van der Waals surface area contributed by atoms with Crippen LogP contribution in [0.25, 0.3) is 0 Å². The van der Waals surface area contributed by atoms with Crippen LogP contribution in [0.2, 0.25) is 0 Å². The van der Waals surface area contributed by atoms with Crippen LogP contribution in [0.15, 0.2) is 30.5 Å². The quantitative estimate of drug-likeness (QED) is 0.839. The average Bonchev–Trinajstić information content (AvgIpc) is 2.78. The van der Waals surface area contributed by atoms with Gasteiger partial charge in [0.05, 0.1) is 5.69 Å². The summed E-state index contributed by atoms with van der Waals surface area (Å²) in [5, 5.41) is 3.40. The predicted molar refractivity (Wildman–Crippen MR) is 107 cm³/mol. The number of carbonyl (C=O) groups is 1. The van der Waals surface area contributed by atoms with E-state index in [9.17, 15) is 9.18 Å². The van der Waals surface area contributed by atoms with Gasteiger partial charge in [-0.2, -0.15) is 0 Å². The molecule has 2 atom stereocenters. The number of hydrogen-bond acceptors (Lipinski definition) is 5. The molecule has 1 amide bonds. The summed E-state index contributed by atoms with van der Waals surface area (Å²) in [6.45, 7) is 4.91. The van der Waals surface area contributed by atoms with Gasteiger partial charge in [-0.1, -0.05) is 19.1 Å². The molecule has 29 heavy (non-hydrogen) atoms. The molecule has 2 aliphatic heterocycles. The van der Waals surface area contributed by atoms with Crippen LogP contribution in [0.1, 0.15) is 49.2 Å². The Kier molecular flexibility index (Phi) is 6.04. The summed E-state index contributed by atoms with van der Waals surface area (Å²) in [7, 11) is 0. The van der Waals surface area contributed by atoms with Crippen LogP contribution >= 0.6 is 0 Å². The molecule has 1 aromatic heterocycles. The molecule has 0 radical (unpaired) electrons. The molecule has 1 N–H and O–H groups in total. The van der Waals surface area contributed by atoms with E-state index in [4.69, 9.17) is 9.72 Å².